The van der Waals surface area contributed by atoms with E-state index in [1.54, 1.807) is 6.07 Å². The van der Waals surface area contributed by atoms with Crippen LogP contribution < -0.4 is 4.74 Å². The molecule has 0 aliphatic heterocycles. The molecule has 0 saturated carbocycles. The zero-order valence-corrected chi connectivity index (χ0v) is 16.6. The molecular formula is C25H24O4. The third-order valence-electron chi connectivity index (χ3n) is 4.52. The fourth-order valence-corrected chi connectivity index (χ4v) is 2.70. The number of hydrogen-bond acceptors (Lipinski definition) is 4. The minimum Gasteiger partial charge on any atom is -0.486 e. The molecular weight excluding hydrogens is 364 g/mol. The molecule has 3 aromatic carbocycles. The zero-order valence-electron chi connectivity index (χ0n) is 16.6. The molecule has 0 unspecified atom stereocenters. The Morgan fingerprint density at radius 3 is 2.24 bits per heavy atom. The van der Waals surface area contributed by atoms with E-state index in [0.717, 1.165) is 16.7 Å². The topological polar surface area (TPSA) is 52.6 Å². The minimum absolute atomic E-state index is 0.0429. The second-order valence-corrected chi connectivity index (χ2v) is 7.08. The average Bonchev–Trinajstić information content (AvgIpc) is 2.77. The quantitative estimate of drug-likeness (QED) is 0.491. The number of carbonyl (C=O) groups excluding carboxylic acids is 2. The Bertz CT molecular complexity index is 960. The molecule has 0 amide bonds. The van der Waals surface area contributed by atoms with E-state index in [0.29, 0.717) is 11.3 Å². The first-order valence-corrected chi connectivity index (χ1v) is 9.60. The van der Waals surface area contributed by atoms with Crippen molar-refractivity contribution in [3.8, 4) is 16.9 Å². The van der Waals surface area contributed by atoms with Crippen LogP contribution in [0.5, 0.6) is 5.75 Å². The summed E-state index contributed by atoms with van der Waals surface area (Å²) in [6, 6.07) is 24.4. The van der Waals surface area contributed by atoms with Crippen LogP contribution in [-0.4, -0.2) is 18.4 Å². The molecule has 29 heavy (non-hydrogen) atoms. The molecule has 0 spiro atoms. The first-order valence-electron chi connectivity index (χ1n) is 9.60. The van der Waals surface area contributed by atoms with Gasteiger partial charge in [0.1, 0.15) is 19.0 Å². The number of ketones is 1. The van der Waals surface area contributed by atoms with Gasteiger partial charge >= 0.3 is 5.97 Å². The van der Waals surface area contributed by atoms with Crippen LogP contribution in [0.15, 0.2) is 78.9 Å². The van der Waals surface area contributed by atoms with Gasteiger partial charge in [0.2, 0.25) is 0 Å². The Balaban J connectivity index is 1.64. The van der Waals surface area contributed by atoms with Crippen molar-refractivity contribution < 1.29 is 19.1 Å². The third kappa shape index (κ3) is 5.79. The summed E-state index contributed by atoms with van der Waals surface area (Å²) in [4.78, 5) is 24.1. The predicted octanol–water partition coefficient (Wildman–Crippen LogP) is 5.31. The highest BCUT2D eigenvalue weighted by molar-refractivity contribution is 5.91. The van der Waals surface area contributed by atoms with E-state index in [1.165, 1.54) is 0 Å². The maximum absolute atomic E-state index is 12.4. The smallest absolute Gasteiger partial charge is 0.338 e. The minimum atomic E-state index is -0.358. The molecule has 0 fully saturated rings. The lowest BCUT2D eigenvalue weighted by Gasteiger charge is -2.09. The van der Waals surface area contributed by atoms with Crippen molar-refractivity contribution in [3.05, 3.63) is 90.0 Å². The summed E-state index contributed by atoms with van der Waals surface area (Å²) in [6.07, 6.45) is 0. The molecule has 148 valence electrons. The number of esters is 1. The van der Waals surface area contributed by atoms with Gasteiger partial charge in [0.15, 0.2) is 5.78 Å². The standard InChI is InChI=1S/C25H24O4/c1-18(2)24(26)17-28-23-13-11-20(12-14-23)21-9-6-10-22(15-21)25(27)29-16-19-7-4-3-5-8-19/h3-15,18H,16-17H2,1-2H3. The highest BCUT2D eigenvalue weighted by atomic mass is 16.5. The van der Waals surface area contributed by atoms with Crippen molar-refractivity contribution in [2.24, 2.45) is 5.92 Å². The Labute approximate surface area is 171 Å². The molecule has 0 saturated heterocycles. The van der Waals surface area contributed by atoms with Crippen molar-refractivity contribution in [3.63, 3.8) is 0 Å². The van der Waals surface area contributed by atoms with E-state index >= 15 is 0 Å². The van der Waals surface area contributed by atoms with Gasteiger partial charge in [0, 0.05) is 5.92 Å². The van der Waals surface area contributed by atoms with Crippen molar-refractivity contribution in [1.29, 1.82) is 0 Å². The van der Waals surface area contributed by atoms with Crippen LogP contribution in [0.4, 0.5) is 0 Å². The van der Waals surface area contributed by atoms with Gasteiger partial charge in [-0.15, -0.1) is 0 Å². The number of hydrogen-bond donors (Lipinski definition) is 0. The van der Waals surface area contributed by atoms with Crippen LogP contribution in [0, 0.1) is 5.92 Å². The van der Waals surface area contributed by atoms with Crippen LogP contribution in [0.2, 0.25) is 0 Å². The van der Waals surface area contributed by atoms with Gasteiger partial charge in [0.25, 0.3) is 0 Å². The number of ether oxygens (including phenoxy) is 2. The molecule has 0 aliphatic rings. The molecule has 0 N–H and O–H groups in total. The van der Waals surface area contributed by atoms with E-state index in [4.69, 9.17) is 9.47 Å². The van der Waals surface area contributed by atoms with Gasteiger partial charge in [-0.1, -0.05) is 68.4 Å². The molecule has 0 radical (unpaired) electrons. The van der Waals surface area contributed by atoms with E-state index in [2.05, 4.69) is 0 Å². The van der Waals surface area contributed by atoms with Crippen LogP contribution in [0.25, 0.3) is 11.1 Å². The molecule has 0 aliphatic carbocycles. The van der Waals surface area contributed by atoms with Crippen LogP contribution in [-0.2, 0) is 16.1 Å². The van der Waals surface area contributed by atoms with Gasteiger partial charge in [-0.05, 0) is 41.0 Å². The van der Waals surface area contributed by atoms with Crippen LogP contribution in [0.1, 0.15) is 29.8 Å². The summed E-state index contributed by atoms with van der Waals surface area (Å²) in [5.41, 5.74) is 3.30. The first-order chi connectivity index (χ1) is 14.0. The first kappa shape index (κ1) is 20.3. The van der Waals surface area contributed by atoms with E-state index in [1.807, 2.05) is 86.6 Å². The normalized spacial score (nSPS) is 10.6. The fraction of sp³-hybridized carbons (Fsp3) is 0.200. The van der Waals surface area contributed by atoms with Crippen molar-refractivity contribution in [2.75, 3.05) is 6.61 Å². The maximum Gasteiger partial charge on any atom is 0.338 e. The largest absolute Gasteiger partial charge is 0.486 e. The average molecular weight is 388 g/mol. The Morgan fingerprint density at radius 1 is 0.828 bits per heavy atom. The molecule has 0 atom stereocenters. The van der Waals surface area contributed by atoms with E-state index < -0.39 is 0 Å². The Morgan fingerprint density at radius 2 is 1.55 bits per heavy atom. The van der Waals surface area contributed by atoms with E-state index in [9.17, 15) is 9.59 Å². The second-order valence-electron chi connectivity index (χ2n) is 7.08. The Kier molecular flexibility index (Phi) is 6.80. The van der Waals surface area contributed by atoms with E-state index in [-0.39, 0.29) is 30.9 Å². The molecule has 4 heteroatoms. The van der Waals surface area contributed by atoms with Crippen molar-refractivity contribution in [1.82, 2.24) is 0 Å². The van der Waals surface area contributed by atoms with Crippen molar-refractivity contribution >= 4 is 11.8 Å². The highest BCUT2D eigenvalue weighted by Crippen LogP contribution is 2.24. The van der Waals surface area contributed by atoms with Crippen LogP contribution >= 0.6 is 0 Å². The Hall–Kier alpha value is -3.40. The van der Waals surface area contributed by atoms with Gasteiger partial charge < -0.3 is 9.47 Å². The lowest BCUT2D eigenvalue weighted by molar-refractivity contribution is -0.123. The summed E-state index contributed by atoms with van der Waals surface area (Å²) < 4.78 is 10.9. The summed E-state index contributed by atoms with van der Waals surface area (Å²) in [5, 5.41) is 0. The number of Topliss-reactive ketones (excluding diaryl/α,β-unsaturated/α-hetero) is 1. The molecule has 0 bridgehead atoms. The third-order valence-corrected chi connectivity index (χ3v) is 4.52. The second kappa shape index (κ2) is 9.69. The van der Waals surface area contributed by atoms with Gasteiger partial charge in [-0.2, -0.15) is 0 Å². The molecule has 4 nitrogen and oxygen atoms in total. The van der Waals surface area contributed by atoms with Crippen LogP contribution in [0.3, 0.4) is 0 Å². The summed E-state index contributed by atoms with van der Waals surface area (Å²) in [7, 11) is 0. The van der Waals surface area contributed by atoms with Crippen molar-refractivity contribution in [2.45, 2.75) is 20.5 Å². The lowest BCUT2D eigenvalue weighted by Crippen LogP contribution is -2.16. The highest BCUT2D eigenvalue weighted by Gasteiger charge is 2.10. The summed E-state index contributed by atoms with van der Waals surface area (Å²) >= 11 is 0. The monoisotopic (exact) mass is 388 g/mol. The van der Waals surface area contributed by atoms with Gasteiger partial charge in [-0.25, -0.2) is 4.79 Å². The fourth-order valence-electron chi connectivity index (χ4n) is 2.70. The molecule has 0 heterocycles. The predicted molar refractivity (Wildman–Crippen MR) is 113 cm³/mol. The molecule has 3 rings (SSSR count). The summed E-state index contributed by atoms with van der Waals surface area (Å²) in [5.74, 6) is 0.304. The SMILES string of the molecule is CC(C)C(=O)COc1ccc(-c2cccc(C(=O)OCc3ccccc3)c2)cc1. The number of benzene rings is 3. The zero-order chi connectivity index (χ0) is 20.6. The summed E-state index contributed by atoms with van der Waals surface area (Å²) in [6.45, 7) is 4.02. The number of rotatable bonds is 8. The van der Waals surface area contributed by atoms with Gasteiger partial charge in [0.05, 0.1) is 5.56 Å². The maximum atomic E-state index is 12.4. The van der Waals surface area contributed by atoms with Gasteiger partial charge in [-0.3, -0.25) is 4.79 Å². The lowest BCUT2D eigenvalue weighted by atomic mass is 10.0. The molecule has 3 aromatic rings. The number of carbonyl (C=O) groups is 2. The molecule has 0 aromatic heterocycles.